The summed E-state index contributed by atoms with van der Waals surface area (Å²) in [7, 11) is -0.0988. The quantitative estimate of drug-likeness (QED) is 0.741. The molecule has 0 heterocycles. The summed E-state index contributed by atoms with van der Waals surface area (Å²) in [5, 5.41) is 0. The number of carbonyl (C=O) groups excluding carboxylic acids is 1. The van der Waals surface area contributed by atoms with Crippen molar-refractivity contribution in [2.75, 3.05) is 31.9 Å². The van der Waals surface area contributed by atoms with Gasteiger partial charge in [-0.3, -0.25) is 4.79 Å². The van der Waals surface area contributed by atoms with E-state index in [9.17, 15) is 13.2 Å². The molecule has 0 saturated carbocycles. The molecule has 0 saturated heterocycles. The predicted octanol–water partition coefficient (Wildman–Crippen LogP) is 1.48. The second-order valence-electron chi connectivity index (χ2n) is 4.34. The van der Waals surface area contributed by atoms with Crippen LogP contribution in [0.3, 0.4) is 0 Å². The number of hydrogen-bond donors (Lipinski definition) is 0. The molecule has 0 N–H and O–H groups in total. The van der Waals surface area contributed by atoms with Gasteiger partial charge in [-0.1, -0.05) is 12.1 Å². The summed E-state index contributed by atoms with van der Waals surface area (Å²) < 4.78 is 27.9. The fourth-order valence-corrected chi connectivity index (χ4v) is 2.70. The SMILES string of the molecule is COC(=O)CCCN(C)c1ccccc1S(C)(=O)=O. The number of rotatable bonds is 6. The maximum Gasteiger partial charge on any atom is 0.305 e. The van der Waals surface area contributed by atoms with E-state index in [2.05, 4.69) is 4.74 Å². The second-order valence-corrected chi connectivity index (χ2v) is 6.33. The van der Waals surface area contributed by atoms with Gasteiger partial charge in [0.15, 0.2) is 9.84 Å². The third-order valence-corrected chi connectivity index (χ3v) is 3.92. The van der Waals surface area contributed by atoms with Gasteiger partial charge < -0.3 is 9.64 Å². The van der Waals surface area contributed by atoms with Crippen molar-refractivity contribution in [2.24, 2.45) is 0 Å². The zero-order valence-electron chi connectivity index (χ0n) is 11.4. The highest BCUT2D eigenvalue weighted by molar-refractivity contribution is 7.90. The average molecular weight is 285 g/mol. The zero-order chi connectivity index (χ0) is 14.5. The smallest absolute Gasteiger partial charge is 0.305 e. The molecule has 0 amide bonds. The summed E-state index contributed by atoms with van der Waals surface area (Å²) in [5.74, 6) is -0.259. The first-order chi connectivity index (χ1) is 8.86. The lowest BCUT2D eigenvalue weighted by molar-refractivity contribution is -0.140. The second kappa shape index (κ2) is 6.56. The molecule has 1 aromatic carbocycles. The molecule has 0 atom stereocenters. The fourth-order valence-electron chi connectivity index (χ4n) is 1.77. The Morgan fingerprint density at radius 2 is 1.95 bits per heavy atom. The molecule has 19 heavy (non-hydrogen) atoms. The van der Waals surface area contributed by atoms with Crippen molar-refractivity contribution in [3.8, 4) is 0 Å². The Kier molecular flexibility index (Phi) is 5.35. The van der Waals surface area contributed by atoms with Gasteiger partial charge in [0, 0.05) is 26.3 Å². The molecule has 5 nitrogen and oxygen atoms in total. The van der Waals surface area contributed by atoms with E-state index in [-0.39, 0.29) is 5.97 Å². The highest BCUT2D eigenvalue weighted by Crippen LogP contribution is 2.24. The highest BCUT2D eigenvalue weighted by atomic mass is 32.2. The van der Waals surface area contributed by atoms with Crippen LogP contribution in [0.15, 0.2) is 29.2 Å². The Morgan fingerprint density at radius 3 is 2.53 bits per heavy atom. The van der Waals surface area contributed by atoms with E-state index in [1.165, 1.54) is 13.4 Å². The summed E-state index contributed by atoms with van der Waals surface area (Å²) in [6, 6.07) is 6.83. The number of ether oxygens (including phenoxy) is 1. The lowest BCUT2D eigenvalue weighted by atomic mass is 10.2. The van der Waals surface area contributed by atoms with Gasteiger partial charge in [0.25, 0.3) is 0 Å². The molecule has 0 bridgehead atoms. The zero-order valence-corrected chi connectivity index (χ0v) is 12.2. The van der Waals surface area contributed by atoms with Crippen molar-refractivity contribution in [3.05, 3.63) is 24.3 Å². The van der Waals surface area contributed by atoms with Crippen molar-refractivity contribution < 1.29 is 17.9 Å². The first-order valence-electron chi connectivity index (χ1n) is 5.93. The number of para-hydroxylation sites is 1. The van der Waals surface area contributed by atoms with Crippen molar-refractivity contribution in [1.29, 1.82) is 0 Å². The van der Waals surface area contributed by atoms with Crippen molar-refractivity contribution in [2.45, 2.75) is 17.7 Å². The van der Waals surface area contributed by atoms with Gasteiger partial charge in [0.05, 0.1) is 17.7 Å². The topological polar surface area (TPSA) is 63.7 Å². The van der Waals surface area contributed by atoms with Crippen LogP contribution in [-0.2, 0) is 19.4 Å². The van der Waals surface area contributed by atoms with Crippen LogP contribution >= 0.6 is 0 Å². The Bertz CT molecular complexity index is 539. The van der Waals surface area contributed by atoms with Gasteiger partial charge in [-0.2, -0.15) is 0 Å². The monoisotopic (exact) mass is 285 g/mol. The number of methoxy groups -OCH3 is 1. The van der Waals surface area contributed by atoms with Crippen molar-refractivity contribution in [1.82, 2.24) is 0 Å². The van der Waals surface area contributed by atoms with E-state index in [0.29, 0.717) is 30.0 Å². The Labute approximate surface area is 114 Å². The van der Waals surface area contributed by atoms with Gasteiger partial charge in [0.2, 0.25) is 0 Å². The number of carbonyl (C=O) groups is 1. The van der Waals surface area contributed by atoms with E-state index in [1.54, 1.807) is 31.3 Å². The maximum atomic E-state index is 11.7. The van der Waals surface area contributed by atoms with E-state index >= 15 is 0 Å². The van der Waals surface area contributed by atoms with Crippen LogP contribution in [0.25, 0.3) is 0 Å². The molecule has 0 fully saturated rings. The minimum Gasteiger partial charge on any atom is -0.469 e. The molecular formula is C13H19NO4S. The summed E-state index contributed by atoms with van der Waals surface area (Å²) in [5.41, 5.74) is 0.648. The van der Waals surface area contributed by atoms with Gasteiger partial charge in [-0.05, 0) is 18.6 Å². The van der Waals surface area contributed by atoms with Crippen LogP contribution in [0.1, 0.15) is 12.8 Å². The van der Waals surface area contributed by atoms with Crippen LogP contribution in [0.5, 0.6) is 0 Å². The normalized spacial score (nSPS) is 11.1. The Morgan fingerprint density at radius 1 is 1.32 bits per heavy atom. The lowest BCUT2D eigenvalue weighted by Crippen LogP contribution is -2.21. The standard InChI is InChI=1S/C13H19NO4S/c1-14(10-6-9-13(15)18-2)11-7-4-5-8-12(11)19(3,16)17/h4-5,7-8H,6,9-10H2,1-3H3. The molecule has 1 rings (SSSR count). The van der Waals surface area contributed by atoms with Gasteiger partial charge in [0.1, 0.15) is 0 Å². The van der Waals surface area contributed by atoms with Crippen molar-refractivity contribution in [3.63, 3.8) is 0 Å². The van der Waals surface area contributed by atoms with Crippen LogP contribution < -0.4 is 4.90 Å². The number of nitrogens with zero attached hydrogens (tertiary/aromatic N) is 1. The summed E-state index contributed by atoms with van der Waals surface area (Å²) in [6.07, 6.45) is 2.12. The molecule has 0 spiro atoms. The molecular weight excluding hydrogens is 266 g/mol. The number of anilines is 1. The fraction of sp³-hybridized carbons (Fsp3) is 0.462. The first kappa shape index (κ1) is 15.5. The minimum atomic E-state index is -3.26. The molecule has 0 aliphatic heterocycles. The van der Waals surface area contributed by atoms with Gasteiger partial charge in [-0.15, -0.1) is 0 Å². The number of sulfone groups is 1. The predicted molar refractivity (Wildman–Crippen MR) is 74.1 cm³/mol. The Hall–Kier alpha value is -1.56. The van der Waals surface area contributed by atoms with Crippen molar-refractivity contribution >= 4 is 21.5 Å². The number of hydrogen-bond acceptors (Lipinski definition) is 5. The highest BCUT2D eigenvalue weighted by Gasteiger charge is 2.15. The minimum absolute atomic E-state index is 0.259. The van der Waals surface area contributed by atoms with Crippen LogP contribution in [0.4, 0.5) is 5.69 Å². The van der Waals surface area contributed by atoms with E-state index < -0.39 is 9.84 Å². The van der Waals surface area contributed by atoms with E-state index in [0.717, 1.165) is 0 Å². The third-order valence-electron chi connectivity index (χ3n) is 2.78. The maximum absolute atomic E-state index is 11.7. The van der Waals surface area contributed by atoms with E-state index in [1.807, 2.05) is 4.90 Å². The summed E-state index contributed by atoms with van der Waals surface area (Å²) >= 11 is 0. The first-order valence-corrected chi connectivity index (χ1v) is 7.82. The molecule has 0 aliphatic carbocycles. The number of benzene rings is 1. The van der Waals surface area contributed by atoms with Gasteiger partial charge in [-0.25, -0.2) is 8.42 Å². The molecule has 0 unspecified atom stereocenters. The van der Waals surface area contributed by atoms with Crippen LogP contribution in [0.2, 0.25) is 0 Å². The summed E-state index contributed by atoms with van der Waals surface area (Å²) in [6.45, 7) is 0.585. The number of esters is 1. The molecule has 6 heteroatoms. The molecule has 0 radical (unpaired) electrons. The summed E-state index contributed by atoms with van der Waals surface area (Å²) in [4.78, 5) is 13.2. The van der Waals surface area contributed by atoms with Crippen LogP contribution in [0, 0.1) is 0 Å². The Balaban J connectivity index is 2.78. The molecule has 0 aromatic heterocycles. The molecule has 1 aromatic rings. The molecule has 0 aliphatic rings. The van der Waals surface area contributed by atoms with E-state index in [4.69, 9.17) is 0 Å². The van der Waals surface area contributed by atoms with Crippen LogP contribution in [-0.4, -0.2) is 41.3 Å². The lowest BCUT2D eigenvalue weighted by Gasteiger charge is -2.21. The third kappa shape index (κ3) is 4.55. The molecule has 106 valence electrons. The average Bonchev–Trinajstić information content (AvgIpc) is 2.37. The van der Waals surface area contributed by atoms with Gasteiger partial charge >= 0.3 is 5.97 Å². The largest absolute Gasteiger partial charge is 0.469 e.